The second-order valence-electron chi connectivity index (χ2n) is 6.16. The molecule has 0 aliphatic heterocycles. The Kier molecular flexibility index (Phi) is 5.67. The second kappa shape index (κ2) is 8.15. The largest absolute Gasteiger partial charge is 0.496 e. The molecule has 6 heteroatoms. The van der Waals surface area contributed by atoms with E-state index in [1.807, 2.05) is 19.1 Å². The van der Waals surface area contributed by atoms with Crippen molar-refractivity contribution in [1.82, 2.24) is 4.98 Å². The van der Waals surface area contributed by atoms with Gasteiger partial charge in [0.15, 0.2) is 0 Å². The van der Waals surface area contributed by atoms with Gasteiger partial charge in [-0.1, -0.05) is 24.0 Å². The number of sulfonamides is 1. The van der Waals surface area contributed by atoms with Crippen LogP contribution >= 0.6 is 0 Å². The summed E-state index contributed by atoms with van der Waals surface area (Å²) >= 11 is 0. The summed E-state index contributed by atoms with van der Waals surface area (Å²) in [6.45, 7) is 3.60. The van der Waals surface area contributed by atoms with E-state index in [2.05, 4.69) is 21.5 Å². The SMILES string of the molecule is COc1ccc(S(=O)(=O)Nc2ccccc2C#Cc2cccnc2)c(C)c1C. The van der Waals surface area contributed by atoms with Crippen LogP contribution in [-0.2, 0) is 10.0 Å². The Hall–Kier alpha value is -3.30. The van der Waals surface area contributed by atoms with Gasteiger partial charge in [-0.25, -0.2) is 8.42 Å². The fraction of sp³-hybridized carbons (Fsp3) is 0.136. The summed E-state index contributed by atoms with van der Waals surface area (Å²) in [5.74, 6) is 6.66. The third-order valence-electron chi connectivity index (χ3n) is 4.37. The molecule has 0 aliphatic carbocycles. The molecule has 0 saturated carbocycles. The number of ether oxygens (including phenoxy) is 1. The summed E-state index contributed by atoms with van der Waals surface area (Å²) in [4.78, 5) is 4.24. The molecule has 0 amide bonds. The van der Waals surface area contributed by atoms with E-state index in [1.165, 1.54) is 0 Å². The van der Waals surface area contributed by atoms with Crippen LogP contribution in [0.1, 0.15) is 22.3 Å². The number of nitrogens with one attached hydrogen (secondary N) is 1. The highest BCUT2D eigenvalue weighted by Crippen LogP contribution is 2.28. The Balaban J connectivity index is 1.97. The molecule has 0 fully saturated rings. The van der Waals surface area contributed by atoms with Gasteiger partial charge in [-0.2, -0.15) is 0 Å². The van der Waals surface area contributed by atoms with Gasteiger partial charge < -0.3 is 4.74 Å². The zero-order chi connectivity index (χ0) is 20.1. The van der Waals surface area contributed by atoms with E-state index in [1.54, 1.807) is 62.8 Å². The van der Waals surface area contributed by atoms with Crippen molar-refractivity contribution in [3.8, 4) is 17.6 Å². The van der Waals surface area contributed by atoms with E-state index in [4.69, 9.17) is 4.74 Å². The number of methoxy groups -OCH3 is 1. The van der Waals surface area contributed by atoms with Crippen molar-refractivity contribution in [2.75, 3.05) is 11.8 Å². The molecule has 0 unspecified atom stereocenters. The van der Waals surface area contributed by atoms with E-state index >= 15 is 0 Å². The summed E-state index contributed by atoms with van der Waals surface area (Å²) in [6.07, 6.45) is 3.33. The molecule has 0 bridgehead atoms. The first-order chi connectivity index (χ1) is 13.4. The van der Waals surface area contributed by atoms with Crippen LogP contribution in [0.15, 0.2) is 65.8 Å². The van der Waals surface area contributed by atoms with Crippen LogP contribution < -0.4 is 9.46 Å². The number of benzene rings is 2. The van der Waals surface area contributed by atoms with Crippen molar-refractivity contribution in [2.45, 2.75) is 18.7 Å². The molecule has 3 aromatic rings. The standard InChI is InChI=1S/C22H20N2O3S/c1-16-17(2)22(13-12-21(16)27-3)28(25,26)24-20-9-5-4-8-19(20)11-10-18-7-6-14-23-15-18/h4-9,12-15,24H,1-3H3. The number of anilines is 1. The number of para-hydroxylation sites is 1. The highest BCUT2D eigenvalue weighted by atomic mass is 32.2. The monoisotopic (exact) mass is 392 g/mol. The minimum Gasteiger partial charge on any atom is -0.496 e. The van der Waals surface area contributed by atoms with Gasteiger partial charge in [0.1, 0.15) is 5.75 Å². The summed E-state index contributed by atoms with van der Waals surface area (Å²) in [5, 5.41) is 0. The predicted molar refractivity (Wildman–Crippen MR) is 110 cm³/mol. The molecule has 1 N–H and O–H groups in total. The first-order valence-corrected chi connectivity index (χ1v) is 10.1. The van der Waals surface area contributed by atoms with Gasteiger partial charge >= 0.3 is 0 Å². The van der Waals surface area contributed by atoms with Crippen LogP contribution in [0.3, 0.4) is 0 Å². The molecule has 142 valence electrons. The predicted octanol–water partition coefficient (Wildman–Crippen LogP) is 3.91. The first kappa shape index (κ1) is 19.5. The normalized spacial score (nSPS) is 10.7. The molecule has 1 aromatic heterocycles. The molecule has 28 heavy (non-hydrogen) atoms. The smallest absolute Gasteiger partial charge is 0.262 e. The van der Waals surface area contributed by atoms with E-state index in [-0.39, 0.29) is 4.90 Å². The van der Waals surface area contributed by atoms with Crippen molar-refractivity contribution in [3.05, 3.63) is 83.2 Å². The Morgan fingerprint density at radius 1 is 0.964 bits per heavy atom. The maximum absolute atomic E-state index is 13.0. The number of pyridine rings is 1. The number of aromatic nitrogens is 1. The van der Waals surface area contributed by atoms with Gasteiger partial charge in [0.25, 0.3) is 10.0 Å². The molecule has 0 atom stereocenters. The molecular weight excluding hydrogens is 372 g/mol. The van der Waals surface area contributed by atoms with Crippen LogP contribution in [0.5, 0.6) is 5.75 Å². The molecular formula is C22H20N2O3S. The number of hydrogen-bond acceptors (Lipinski definition) is 4. The van der Waals surface area contributed by atoms with E-state index in [0.717, 1.165) is 11.1 Å². The van der Waals surface area contributed by atoms with Gasteiger partial charge in [-0.15, -0.1) is 0 Å². The first-order valence-electron chi connectivity index (χ1n) is 8.60. The molecule has 1 heterocycles. The molecule has 0 radical (unpaired) electrons. The number of hydrogen-bond donors (Lipinski definition) is 1. The highest BCUT2D eigenvalue weighted by Gasteiger charge is 2.20. The fourth-order valence-corrected chi connectivity index (χ4v) is 4.12. The van der Waals surface area contributed by atoms with Crippen molar-refractivity contribution in [2.24, 2.45) is 0 Å². The number of rotatable bonds is 4. The van der Waals surface area contributed by atoms with Crippen molar-refractivity contribution in [1.29, 1.82) is 0 Å². The van der Waals surface area contributed by atoms with Crippen molar-refractivity contribution < 1.29 is 13.2 Å². The van der Waals surface area contributed by atoms with Crippen molar-refractivity contribution >= 4 is 15.7 Å². The minimum atomic E-state index is -3.78. The molecule has 0 spiro atoms. The van der Waals surface area contributed by atoms with Crippen LogP contribution in [-0.4, -0.2) is 20.5 Å². The minimum absolute atomic E-state index is 0.209. The Morgan fingerprint density at radius 2 is 1.75 bits per heavy atom. The average Bonchev–Trinajstić information content (AvgIpc) is 2.69. The molecule has 0 aliphatic rings. The lowest BCUT2D eigenvalue weighted by Crippen LogP contribution is -2.15. The van der Waals surface area contributed by atoms with Crippen LogP contribution in [0, 0.1) is 25.7 Å². The highest BCUT2D eigenvalue weighted by molar-refractivity contribution is 7.92. The topological polar surface area (TPSA) is 68.3 Å². The van der Waals surface area contributed by atoms with E-state index < -0.39 is 10.0 Å². The maximum atomic E-state index is 13.0. The zero-order valence-corrected chi connectivity index (χ0v) is 16.7. The quantitative estimate of drug-likeness (QED) is 0.684. The van der Waals surface area contributed by atoms with E-state index in [9.17, 15) is 8.42 Å². The van der Waals surface area contributed by atoms with Gasteiger partial charge in [-0.3, -0.25) is 9.71 Å². The van der Waals surface area contributed by atoms with Gasteiger partial charge in [0.05, 0.1) is 17.7 Å². The van der Waals surface area contributed by atoms with Crippen molar-refractivity contribution in [3.63, 3.8) is 0 Å². The molecule has 3 rings (SSSR count). The average molecular weight is 392 g/mol. The summed E-state index contributed by atoms with van der Waals surface area (Å²) in [7, 11) is -2.22. The third-order valence-corrected chi connectivity index (χ3v) is 5.88. The Bertz CT molecular complexity index is 1160. The van der Waals surface area contributed by atoms with Gasteiger partial charge in [-0.05, 0) is 61.4 Å². The lowest BCUT2D eigenvalue weighted by Gasteiger charge is -2.15. The molecule has 5 nitrogen and oxygen atoms in total. The second-order valence-corrected chi connectivity index (χ2v) is 7.81. The van der Waals surface area contributed by atoms with E-state index in [0.29, 0.717) is 22.6 Å². The summed E-state index contributed by atoms with van der Waals surface area (Å²) in [6, 6.07) is 13.9. The molecule has 2 aromatic carbocycles. The van der Waals surface area contributed by atoms with Gasteiger partial charge in [0.2, 0.25) is 0 Å². The summed E-state index contributed by atoms with van der Waals surface area (Å²) in [5.41, 5.74) is 3.19. The van der Waals surface area contributed by atoms with Crippen LogP contribution in [0.4, 0.5) is 5.69 Å². The summed E-state index contributed by atoms with van der Waals surface area (Å²) < 4.78 is 33.9. The lowest BCUT2D eigenvalue weighted by molar-refractivity contribution is 0.411. The number of nitrogens with zero attached hydrogens (tertiary/aromatic N) is 1. The van der Waals surface area contributed by atoms with Crippen LogP contribution in [0.2, 0.25) is 0 Å². The zero-order valence-electron chi connectivity index (χ0n) is 15.9. The Morgan fingerprint density at radius 3 is 2.46 bits per heavy atom. The maximum Gasteiger partial charge on any atom is 0.262 e. The lowest BCUT2D eigenvalue weighted by atomic mass is 10.1. The van der Waals surface area contributed by atoms with Crippen LogP contribution in [0.25, 0.3) is 0 Å². The molecule has 0 saturated heterocycles. The fourth-order valence-electron chi connectivity index (χ4n) is 2.74. The third kappa shape index (κ3) is 4.16. The van der Waals surface area contributed by atoms with Gasteiger partial charge in [0, 0.05) is 23.5 Å². The Labute approximate surface area is 165 Å².